The van der Waals surface area contributed by atoms with Crippen molar-refractivity contribution in [3.8, 4) is 11.5 Å². The normalized spacial score (nSPS) is 21.6. The van der Waals surface area contributed by atoms with Gasteiger partial charge in [-0.2, -0.15) is 0 Å². The largest absolute Gasteiger partial charge is 0.444 e. The van der Waals surface area contributed by atoms with Crippen LogP contribution >= 0.6 is 0 Å². The van der Waals surface area contributed by atoms with E-state index < -0.39 is 0 Å². The first-order valence-corrected chi connectivity index (χ1v) is 9.30. The molecule has 0 unspecified atom stereocenters. The molecule has 0 spiro atoms. The lowest BCUT2D eigenvalue weighted by Gasteiger charge is -2.33. The molecule has 5 heteroatoms. The number of aromatic nitrogens is 1. The van der Waals surface area contributed by atoms with E-state index >= 15 is 0 Å². The molecule has 2 saturated heterocycles. The van der Waals surface area contributed by atoms with Gasteiger partial charge in [0, 0.05) is 31.7 Å². The quantitative estimate of drug-likeness (QED) is 0.858. The lowest BCUT2D eigenvalue weighted by atomic mass is 9.96. The average Bonchev–Trinajstić information content (AvgIpc) is 3.34. The fraction of sp³-hybridized carbons (Fsp3) is 0.500. The SMILES string of the molecule is O=C([C@@H]1CCCN(Cc2coc(-c3ccccc3)n2)C1)N1CCCC1. The monoisotopic (exact) mass is 339 g/mol. The van der Waals surface area contributed by atoms with Crippen LogP contribution in [-0.4, -0.2) is 46.9 Å². The van der Waals surface area contributed by atoms with Crippen LogP contribution in [0.1, 0.15) is 31.4 Å². The molecule has 5 nitrogen and oxygen atoms in total. The molecule has 1 amide bonds. The van der Waals surface area contributed by atoms with Crippen LogP contribution in [0.4, 0.5) is 0 Å². The van der Waals surface area contributed by atoms with Crippen molar-refractivity contribution in [1.29, 1.82) is 0 Å². The van der Waals surface area contributed by atoms with Gasteiger partial charge in [-0.3, -0.25) is 9.69 Å². The highest BCUT2D eigenvalue weighted by molar-refractivity contribution is 5.79. The molecule has 2 aliphatic heterocycles. The van der Waals surface area contributed by atoms with Crippen molar-refractivity contribution in [3.05, 3.63) is 42.3 Å². The fourth-order valence-electron chi connectivity index (χ4n) is 3.92. The summed E-state index contributed by atoms with van der Waals surface area (Å²) in [6.45, 7) is 4.50. The van der Waals surface area contributed by atoms with Crippen LogP contribution < -0.4 is 0 Å². The van der Waals surface area contributed by atoms with Gasteiger partial charge in [0.05, 0.1) is 11.6 Å². The highest BCUT2D eigenvalue weighted by Gasteiger charge is 2.30. The molecule has 2 fully saturated rings. The molecule has 0 aliphatic carbocycles. The molecule has 1 atom stereocenters. The lowest BCUT2D eigenvalue weighted by molar-refractivity contribution is -0.136. The topological polar surface area (TPSA) is 49.6 Å². The Labute approximate surface area is 148 Å². The predicted molar refractivity (Wildman–Crippen MR) is 95.8 cm³/mol. The molecule has 0 radical (unpaired) electrons. The van der Waals surface area contributed by atoms with Gasteiger partial charge in [0.1, 0.15) is 6.26 Å². The molecular weight excluding hydrogens is 314 g/mol. The Bertz CT molecular complexity index is 707. The van der Waals surface area contributed by atoms with Gasteiger partial charge in [0.25, 0.3) is 0 Å². The number of rotatable bonds is 4. The lowest BCUT2D eigenvalue weighted by Crippen LogP contribution is -2.43. The van der Waals surface area contributed by atoms with Gasteiger partial charge in [-0.1, -0.05) is 18.2 Å². The van der Waals surface area contributed by atoms with Crippen molar-refractivity contribution in [1.82, 2.24) is 14.8 Å². The Morgan fingerprint density at radius 1 is 1.12 bits per heavy atom. The number of hydrogen-bond donors (Lipinski definition) is 0. The maximum Gasteiger partial charge on any atom is 0.226 e. The molecule has 2 aromatic rings. The van der Waals surface area contributed by atoms with E-state index in [1.54, 1.807) is 6.26 Å². The van der Waals surface area contributed by atoms with Crippen LogP contribution in [0.5, 0.6) is 0 Å². The Balaban J connectivity index is 1.37. The zero-order valence-corrected chi connectivity index (χ0v) is 14.6. The predicted octanol–water partition coefficient (Wildman–Crippen LogP) is 3.18. The number of benzene rings is 1. The molecule has 0 N–H and O–H groups in total. The number of nitrogens with zero attached hydrogens (tertiary/aromatic N) is 3. The van der Waals surface area contributed by atoms with Gasteiger partial charge < -0.3 is 9.32 Å². The summed E-state index contributed by atoms with van der Waals surface area (Å²) in [5.74, 6) is 1.16. The van der Waals surface area contributed by atoms with E-state index in [0.717, 1.165) is 69.7 Å². The van der Waals surface area contributed by atoms with Crippen LogP contribution in [0, 0.1) is 5.92 Å². The number of carbonyl (C=O) groups is 1. The van der Waals surface area contributed by atoms with Crippen LogP contribution in [0.2, 0.25) is 0 Å². The number of hydrogen-bond acceptors (Lipinski definition) is 4. The van der Waals surface area contributed by atoms with Crippen LogP contribution in [0.25, 0.3) is 11.5 Å². The Hall–Kier alpha value is -2.14. The van der Waals surface area contributed by atoms with Gasteiger partial charge in [0.2, 0.25) is 11.8 Å². The number of likely N-dealkylation sites (tertiary alicyclic amines) is 2. The fourth-order valence-corrected chi connectivity index (χ4v) is 3.92. The van der Waals surface area contributed by atoms with E-state index in [1.807, 2.05) is 30.3 Å². The van der Waals surface area contributed by atoms with E-state index in [9.17, 15) is 4.79 Å². The minimum Gasteiger partial charge on any atom is -0.444 e. The number of oxazole rings is 1. The van der Waals surface area contributed by atoms with Gasteiger partial charge in [-0.25, -0.2) is 4.98 Å². The third kappa shape index (κ3) is 3.76. The van der Waals surface area contributed by atoms with Gasteiger partial charge >= 0.3 is 0 Å². The highest BCUT2D eigenvalue weighted by atomic mass is 16.3. The van der Waals surface area contributed by atoms with E-state index in [-0.39, 0.29) is 5.92 Å². The first-order valence-electron chi connectivity index (χ1n) is 9.30. The molecule has 4 rings (SSSR count). The van der Waals surface area contributed by atoms with Crippen LogP contribution in [0.3, 0.4) is 0 Å². The molecule has 0 saturated carbocycles. The molecule has 25 heavy (non-hydrogen) atoms. The highest BCUT2D eigenvalue weighted by Crippen LogP contribution is 2.24. The van der Waals surface area contributed by atoms with Crippen molar-refractivity contribution in [2.75, 3.05) is 26.2 Å². The minimum absolute atomic E-state index is 0.146. The summed E-state index contributed by atoms with van der Waals surface area (Å²) >= 11 is 0. The third-order valence-corrected chi connectivity index (χ3v) is 5.23. The first-order chi connectivity index (χ1) is 12.3. The maximum absolute atomic E-state index is 12.7. The number of carbonyl (C=O) groups excluding carboxylic acids is 1. The van der Waals surface area contributed by atoms with Crippen molar-refractivity contribution < 1.29 is 9.21 Å². The number of amides is 1. The molecular formula is C20H25N3O2. The summed E-state index contributed by atoms with van der Waals surface area (Å²) in [7, 11) is 0. The summed E-state index contributed by atoms with van der Waals surface area (Å²) in [5.41, 5.74) is 1.93. The van der Waals surface area contributed by atoms with Gasteiger partial charge in [0.15, 0.2) is 0 Å². The molecule has 132 valence electrons. The molecule has 1 aromatic carbocycles. The summed E-state index contributed by atoms with van der Waals surface area (Å²) in [6.07, 6.45) is 6.15. The Kier molecular flexibility index (Phi) is 4.83. The summed E-state index contributed by atoms with van der Waals surface area (Å²) in [6, 6.07) is 9.96. The molecule has 1 aromatic heterocycles. The summed E-state index contributed by atoms with van der Waals surface area (Å²) in [4.78, 5) is 21.7. The molecule has 0 bridgehead atoms. The van der Waals surface area contributed by atoms with Crippen molar-refractivity contribution in [2.24, 2.45) is 5.92 Å². The summed E-state index contributed by atoms with van der Waals surface area (Å²) in [5, 5.41) is 0. The molecule has 3 heterocycles. The van der Waals surface area contributed by atoms with E-state index in [1.165, 1.54) is 0 Å². The second-order valence-corrected chi connectivity index (χ2v) is 7.12. The second kappa shape index (κ2) is 7.40. The Morgan fingerprint density at radius 2 is 1.92 bits per heavy atom. The Morgan fingerprint density at radius 3 is 2.72 bits per heavy atom. The number of piperidine rings is 1. The van der Waals surface area contributed by atoms with E-state index in [2.05, 4.69) is 14.8 Å². The zero-order valence-electron chi connectivity index (χ0n) is 14.6. The van der Waals surface area contributed by atoms with Crippen molar-refractivity contribution >= 4 is 5.91 Å². The van der Waals surface area contributed by atoms with Crippen LogP contribution in [0.15, 0.2) is 41.0 Å². The van der Waals surface area contributed by atoms with Gasteiger partial charge in [-0.05, 0) is 44.4 Å². The minimum atomic E-state index is 0.146. The van der Waals surface area contributed by atoms with E-state index in [4.69, 9.17) is 4.42 Å². The maximum atomic E-state index is 12.7. The smallest absolute Gasteiger partial charge is 0.226 e. The molecule has 2 aliphatic rings. The zero-order chi connectivity index (χ0) is 17.1. The standard InChI is InChI=1S/C20H25N3O2/c24-20(23-11-4-5-12-23)17-9-6-10-22(13-17)14-18-15-25-19(21-18)16-7-2-1-3-8-16/h1-3,7-8,15,17H,4-6,9-14H2/t17-/m1/s1. The second-order valence-electron chi connectivity index (χ2n) is 7.12. The third-order valence-electron chi connectivity index (χ3n) is 5.23. The van der Waals surface area contributed by atoms with Crippen molar-refractivity contribution in [2.45, 2.75) is 32.2 Å². The van der Waals surface area contributed by atoms with Gasteiger partial charge in [-0.15, -0.1) is 0 Å². The summed E-state index contributed by atoms with van der Waals surface area (Å²) < 4.78 is 5.63. The van der Waals surface area contributed by atoms with E-state index in [0.29, 0.717) is 11.8 Å². The average molecular weight is 339 g/mol. The van der Waals surface area contributed by atoms with Crippen LogP contribution in [-0.2, 0) is 11.3 Å². The first kappa shape index (κ1) is 16.3. The van der Waals surface area contributed by atoms with Crippen molar-refractivity contribution in [3.63, 3.8) is 0 Å².